The van der Waals surface area contributed by atoms with E-state index in [9.17, 15) is 13.2 Å². The van der Waals surface area contributed by atoms with Crippen molar-refractivity contribution in [2.24, 2.45) is 7.05 Å². The molecule has 1 aromatic heterocycles. The van der Waals surface area contributed by atoms with Gasteiger partial charge in [-0.1, -0.05) is 63.8 Å². The SMILES string of the molecule is C[n+]1cnn(-c2ccc(C=CC(c3cc(Cl)c(Cl)c(Cl)c3)C(F)(F)F)cc2)c1. The van der Waals surface area contributed by atoms with Crippen molar-refractivity contribution in [3.05, 3.63) is 81.3 Å². The van der Waals surface area contributed by atoms with E-state index in [4.69, 9.17) is 34.8 Å². The normalized spacial score (nSPS) is 13.2. The summed E-state index contributed by atoms with van der Waals surface area (Å²) in [6.07, 6.45) is 1.38. The van der Waals surface area contributed by atoms with Gasteiger partial charge in [0.2, 0.25) is 6.33 Å². The summed E-state index contributed by atoms with van der Waals surface area (Å²) >= 11 is 17.6. The Bertz CT molecular complexity index is 988. The van der Waals surface area contributed by atoms with E-state index in [0.29, 0.717) is 5.56 Å². The van der Waals surface area contributed by atoms with Crippen molar-refractivity contribution in [3.8, 4) is 5.69 Å². The Hall–Kier alpha value is -2.02. The number of benzene rings is 2. The van der Waals surface area contributed by atoms with Gasteiger partial charge in [0, 0.05) is 5.10 Å². The van der Waals surface area contributed by atoms with E-state index in [1.807, 2.05) is 7.05 Å². The predicted molar refractivity (Wildman–Crippen MR) is 104 cm³/mol. The van der Waals surface area contributed by atoms with Gasteiger partial charge in [-0.15, -0.1) is 0 Å². The maximum absolute atomic E-state index is 13.6. The number of aromatic nitrogens is 3. The zero-order valence-electron chi connectivity index (χ0n) is 14.5. The molecule has 0 radical (unpaired) electrons. The third-order valence-electron chi connectivity index (χ3n) is 4.01. The van der Waals surface area contributed by atoms with Crippen LogP contribution in [0.5, 0.6) is 0 Å². The first-order chi connectivity index (χ1) is 13.1. The molecule has 146 valence electrons. The number of nitrogens with zero attached hydrogens (tertiary/aromatic N) is 3. The predicted octanol–water partition coefficient (Wildman–Crippen LogP) is 6.02. The molecule has 1 atom stereocenters. The maximum Gasteiger partial charge on any atom is 0.399 e. The monoisotopic (exact) mass is 446 g/mol. The number of allylic oxidation sites excluding steroid dienone is 1. The summed E-state index contributed by atoms with van der Waals surface area (Å²) < 4.78 is 44.2. The molecule has 0 amide bonds. The van der Waals surface area contributed by atoms with Crippen LogP contribution in [0.4, 0.5) is 13.2 Å². The van der Waals surface area contributed by atoms with Crippen molar-refractivity contribution < 1.29 is 17.7 Å². The fourth-order valence-corrected chi connectivity index (χ4v) is 3.23. The van der Waals surface area contributed by atoms with Crippen LogP contribution >= 0.6 is 34.8 Å². The van der Waals surface area contributed by atoms with Crippen LogP contribution in [0, 0.1) is 0 Å². The lowest BCUT2D eigenvalue weighted by Gasteiger charge is -2.18. The molecule has 0 saturated heterocycles. The largest absolute Gasteiger partial charge is 0.399 e. The third kappa shape index (κ3) is 4.69. The van der Waals surface area contributed by atoms with Crippen LogP contribution < -0.4 is 4.57 Å². The third-order valence-corrected chi connectivity index (χ3v) is 5.20. The molecular weight excluding hydrogens is 434 g/mol. The highest BCUT2D eigenvalue weighted by molar-refractivity contribution is 6.48. The van der Waals surface area contributed by atoms with Gasteiger partial charge in [0.15, 0.2) is 0 Å². The van der Waals surface area contributed by atoms with Crippen LogP contribution in [0.1, 0.15) is 17.0 Å². The van der Waals surface area contributed by atoms with Crippen LogP contribution in [0.2, 0.25) is 15.1 Å². The van der Waals surface area contributed by atoms with Gasteiger partial charge in [-0.3, -0.25) is 0 Å². The first-order valence-electron chi connectivity index (χ1n) is 8.05. The summed E-state index contributed by atoms with van der Waals surface area (Å²) in [6, 6.07) is 9.32. The van der Waals surface area contributed by atoms with Gasteiger partial charge in [0.25, 0.3) is 6.33 Å². The minimum Gasteiger partial charge on any atom is -0.240 e. The highest BCUT2D eigenvalue weighted by atomic mass is 35.5. The molecule has 0 saturated carbocycles. The van der Waals surface area contributed by atoms with Gasteiger partial charge in [-0.2, -0.15) is 13.2 Å². The number of halogens is 6. The van der Waals surface area contributed by atoms with Crippen molar-refractivity contribution in [1.82, 2.24) is 9.78 Å². The summed E-state index contributed by atoms with van der Waals surface area (Å²) in [5.41, 5.74) is 1.32. The van der Waals surface area contributed by atoms with E-state index in [1.165, 1.54) is 18.2 Å². The number of aryl methyl sites for hydroxylation is 1. The molecule has 3 aromatic rings. The Labute approximate surface area is 174 Å². The molecule has 9 heteroatoms. The zero-order chi connectivity index (χ0) is 20.5. The van der Waals surface area contributed by atoms with Crippen LogP contribution in [0.3, 0.4) is 0 Å². The highest BCUT2D eigenvalue weighted by Gasteiger charge is 2.39. The average molecular weight is 448 g/mol. The summed E-state index contributed by atoms with van der Waals surface area (Å²) in [6.45, 7) is 0. The number of rotatable bonds is 4. The Morgan fingerprint density at radius 3 is 2.18 bits per heavy atom. The topological polar surface area (TPSA) is 21.7 Å². The molecule has 0 N–H and O–H groups in total. The highest BCUT2D eigenvalue weighted by Crippen LogP contribution is 2.41. The molecule has 1 heterocycles. The molecule has 2 aromatic carbocycles. The zero-order valence-corrected chi connectivity index (χ0v) is 16.7. The molecule has 0 spiro atoms. The van der Waals surface area contributed by atoms with E-state index in [-0.39, 0.29) is 20.6 Å². The fourth-order valence-electron chi connectivity index (χ4n) is 2.61. The molecule has 0 aliphatic rings. The summed E-state index contributed by atoms with van der Waals surface area (Å²) in [7, 11) is 1.84. The quantitative estimate of drug-likeness (QED) is 0.354. The van der Waals surface area contributed by atoms with Gasteiger partial charge in [0.05, 0.1) is 28.0 Å². The fraction of sp³-hybridized carbons (Fsp3) is 0.158. The van der Waals surface area contributed by atoms with Crippen molar-refractivity contribution in [2.75, 3.05) is 0 Å². The Kier molecular flexibility index (Phi) is 6.03. The minimum absolute atomic E-state index is 0.0245. The van der Waals surface area contributed by atoms with Crippen LogP contribution in [-0.2, 0) is 7.05 Å². The van der Waals surface area contributed by atoms with Crippen LogP contribution in [0.15, 0.2) is 55.1 Å². The lowest BCUT2D eigenvalue weighted by atomic mass is 9.97. The molecule has 0 aliphatic heterocycles. The van der Waals surface area contributed by atoms with E-state index in [1.54, 1.807) is 46.2 Å². The Balaban J connectivity index is 1.88. The Morgan fingerprint density at radius 2 is 1.68 bits per heavy atom. The molecule has 1 unspecified atom stereocenters. The smallest absolute Gasteiger partial charge is 0.240 e. The summed E-state index contributed by atoms with van der Waals surface area (Å²) in [4.78, 5) is 0. The van der Waals surface area contributed by atoms with Crippen LogP contribution in [-0.4, -0.2) is 16.0 Å². The molecule has 0 bridgehead atoms. The first-order valence-corrected chi connectivity index (χ1v) is 9.18. The lowest BCUT2D eigenvalue weighted by molar-refractivity contribution is -0.672. The molecule has 0 aliphatic carbocycles. The van der Waals surface area contributed by atoms with E-state index in [2.05, 4.69) is 5.10 Å². The van der Waals surface area contributed by atoms with Gasteiger partial charge < -0.3 is 0 Å². The molecule has 0 fully saturated rings. The molecule has 3 nitrogen and oxygen atoms in total. The molecule has 28 heavy (non-hydrogen) atoms. The van der Waals surface area contributed by atoms with E-state index >= 15 is 0 Å². The van der Waals surface area contributed by atoms with E-state index in [0.717, 1.165) is 11.8 Å². The van der Waals surface area contributed by atoms with Crippen molar-refractivity contribution >= 4 is 40.9 Å². The van der Waals surface area contributed by atoms with Gasteiger partial charge in [-0.25, -0.2) is 4.57 Å². The number of hydrogen-bond donors (Lipinski definition) is 0. The van der Waals surface area contributed by atoms with Crippen molar-refractivity contribution in [1.29, 1.82) is 0 Å². The van der Waals surface area contributed by atoms with Gasteiger partial charge in [-0.05, 0) is 35.4 Å². The van der Waals surface area contributed by atoms with E-state index < -0.39 is 12.1 Å². The van der Waals surface area contributed by atoms with Crippen molar-refractivity contribution in [2.45, 2.75) is 12.1 Å². The molecular formula is C19H14Cl3F3N3+. The Morgan fingerprint density at radius 1 is 1.07 bits per heavy atom. The lowest BCUT2D eigenvalue weighted by Crippen LogP contribution is -2.23. The summed E-state index contributed by atoms with van der Waals surface area (Å²) in [5.74, 6) is -1.87. The van der Waals surface area contributed by atoms with Gasteiger partial charge >= 0.3 is 6.18 Å². The minimum atomic E-state index is -4.51. The first kappa shape index (κ1) is 20.7. The molecule has 3 rings (SSSR count). The van der Waals surface area contributed by atoms with Crippen LogP contribution in [0.25, 0.3) is 11.8 Å². The second kappa shape index (κ2) is 8.15. The maximum atomic E-state index is 13.6. The second-order valence-electron chi connectivity index (χ2n) is 6.12. The number of alkyl halides is 3. The van der Waals surface area contributed by atoms with Crippen molar-refractivity contribution in [3.63, 3.8) is 0 Å². The standard InChI is InChI=1S/C19H14Cl3F3N3/c1-27-10-26-28(11-27)14-5-2-12(3-6-14)4-7-15(19(23,24)25)13-8-16(20)18(22)17(21)9-13/h2-11,15H,1H3/q+1. The number of hydrogen-bond acceptors (Lipinski definition) is 1. The average Bonchev–Trinajstić information content (AvgIpc) is 3.05. The summed E-state index contributed by atoms with van der Waals surface area (Å²) in [5, 5.41) is 4.14. The second-order valence-corrected chi connectivity index (χ2v) is 7.32. The van der Waals surface area contributed by atoms with Gasteiger partial charge in [0.1, 0.15) is 5.69 Å².